The summed E-state index contributed by atoms with van der Waals surface area (Å²) in [6, 6.07) is 4.64. The van der Waals surface area contributed by atoms with Gasteiger partial charge < -0.3 is 0 Å². The van der Waals surface area contributed by atoms with E-state index in [0.717, 1.165) is 44.2 Å². The summed E-state index contributed by atoms with van der Waals surface area (Å²) in [5.74, 6) is -0.117. The van der Waals surface area contributed by atoms with Gasteiger partial charge in [-0.1, -0.05) is 38.3 Å². The molecule has 1 heterocycles. The lowest BCUT2D eigenvalue weighted by Crippen LogP contribution is -2.58. The highest BCUT2D eigenvalue weighted by Gasteiger charge is 2.40. The Bertz CT molecular complexity index is 894. The number of Topliss-reactive ketones (excluding diaryl/α,β-unsaturated/α-hetero) is 1. The first-order chi connectivity index (χ1) is 15.1. The van der Waals surface area contributed by atoms with E-state index in [1.807, 2.05) is 6.92 Å². The van der Waals surface area contributed by atoms with Gasteiger partial charge in [-0.15, -0.1) is 12.4 Å². The third-order valence-electron chi connectivity index (χ3n) is 6.88. The Labute approximate surface area is 201 Å². The fourth-order valence-corrected chi connectivity index (χ4v) is 6.62. The van der Waals surface area contributed by atoms with E-state index < -0.39 is 21.8 Å². The molecule has 1 aromatic rings. The number of nitrogens with zero attached hydrogens (tertiary/aromatic N) is 2. The van der Waals surface area contributed by atoms with Crippen molar-refractivity contribution in [3.05, 3.63) is 35.4 Å². The van der Waals surface area contributed by atoms with Crippen LogP contribution >= 0.6 is 12.4 Å². The summed E-state index contributed by atoms with van der Waals surface area (Å²) >= 11 is 0. The molecule has 0 unspecified atom stereocenters. The molecule has 0 amide bonds. The van der Waals surface area contributed by atoms with Crippen LogP contribution in [0.1, 0.15) is 74.2 Å². The van der Waals surface area contributed by atoms with Gasteiger partial charge in [-0.3, -0.25) is 9.69 Å². The van der Waals surface area contributed by atoms with Crippen LogP contribution in [-0.4, -0.2) is 60.9 Å². The van der Waals surface area contributed by atoms with Gasteiger partial charge in [0.2, 0.25) is 10.0 Å². The lowest BCUT2D eigenvalue weighted by Gasteiger charge is -2.50. The van der Waals surface area contributed by atoms with Gasteiger partial charge in [-0.2, -0.15) is 17.5 Å². The molecule has 188 valence electrons. The van der Waals surface area contributed by atoms with Gasteiger partial charge in [0.15, 0.2) is 5.78 Å². The summed E-state index contributed by atoms with van der Waals surface area (Å²) in [5.41, 5.74) is -0.891. The minimum atomic E-state index is -4.47. The Balaban J connectivity index is 0.00000385. The molecule has 5 nitrogen and oxygen atoms in total. The second-order valence-corrected chi connectivity index (χ2v) is 11.1. The van der Waals surface area contributed by atoms with Crippen LogP contribution in [0.3, 0.4) is 0 Å². The lowest BCUT2D eigenvalue weighted by atomic mass is 9.76. The zero-order valence-corrected chi connectivity index (χ0v) is 20.7. The predicted octanol–water partition coefficient (Wildman–Crippen LogP) is 5.15. The number of hydrogen-bond donors (Lipinski definition) is 0. The van der Waals surface area contributed by atoms with E-state index in [1.54, 1.807) is 4.31 Å². The molecule has 0 aromatic heterocycles. The molecule has 0 spiro atoms. The van der Waals surface area contributed by atoms with Crippen molar-refractivity contribution >= 4 is 28.2 Å². The Morgan fingerprint density at radius 3 is 2.27 bits per heavy atom. The van der Waals surface area contributed by atoms with Gasteiger partial charge in [0.05, 0.1) is 11.3 Å². The van der Waals surface area contributed by atoms with Crippen LogP contribution in [0.25, 0.3) is 0 Å². The van der Waals surface area contributed by atoms with Gasteiger partial charge in [0, 0.05) is 43.7 Å². The van der Waals surface area contributed by atoms with Crippen molar-refractivity contribution in [2.45, 2.75) is 70.0 Å². The van der Waals surface area contributed by atoms with Crippen LogP contribution < -0.4 is 0 Å². The quantitative estimate of drug-likeness (QED) is 0.454. The maximum absolute atomic E-state index is 13.0. The van der Waals surface area contributed by atoms with E-state index in [0.29, 0.717) is 39.0 Å². The van der Waals surface area contributed by atoms with Crippen molar-refractivity contribution in [1.82, 2.24) is 9.21 Å². The van der Waals surface area contributed by atoms with E-state index in [4.69, 9.17) is 0 Å². The van der Waals surface area contributed by atoms with Gasteiger partial charge in [0.25, 0.3) is 0 Å². The first-order valence-corrected chi connectivity index (χ1v) is 13.1. The summed E-state index contributed by atoms with van der Waals surface area (Å²) in [5, 5.41) is 0. The molecule has 2 aliphatic rings. The molecule has 1 aromatic carbocycles. The molecule has 3 rings (SSSR count). The summed E-state index contributed by atoms with van der Waals surface area (Å²) < 4.78 is 65.4. The third kappa shape index (κ3) is 6.93. The predicted molar refractivity (Wildman–Crippen MR) is 125 cm³/mol. The van der Waals surface area contributed by atoms with Crippen LogP contribution in [0, 0.1) is 0 Å². The molecule has 0 radical (unpaired) electrons. The second kappa shape index (κ2) is 11.5. The van der Waals surface area contributed by atoms with Crippen LogP contribution in [0.5, 0.6) is 0 Å². The van der Waals surface area contributed by atoms with Crippen molar-refractivity contribution in [1.29, 1.82) is 0 Å². The van der Waals surface area contributed by atoms with Crippen LogP contribution in [0.4, 0.5) is 13.2 Å². The Morgan fingerprint density at radius 2 is 1.70 bits per heavy atom. The highest BCUT2D eigenvalue weighted by molar-refractivity contribution is 7.89. The molecule has 33 heavy (non-hydrogen) atoms. The molecule has 1 aliphatic carbocycles. The normalized spacial score (nSPS) is 20.2. The van der Waals surface area contributed by atoms with Crippen molar-refractivity contribution in [3.63, 3.8) is 0 Å². The fraction of sp³-hybridized carbons (Fsp3) is 0.696. The van der Waals surface area contributed by atoms with Crippen molar-refractivity contribution in [2.24, 2.45) is 0 Å². The largest absolute Gasteiger partial charge is 0.416 e. The smallest absolute Gasteiger partial charge is 0.295 e. The average molecular weight is 511 g/mol. The molecular weight excluding hydrogens is 477 g/mol. The highest BCUT2D eigenvalue weighted by Crippen LogP contribution is 2.39. The zero-order valence-electron chi connectivity index (χ0n) is 19.1. The zero-order chi connectivity index (χ0) is 23.4. The van der Waals surface area contributed by atoms with E-state index in [9.17, 15) is 26.4 Å². The lowest BCUT2D eigenvalue weighted by molar-refractivity contribution is -0.137. The number of carbonyl (C=O) groups excluding carboxylic acids is 1. The molecule has 0 atom stereocenters. The minimum Gasteiger partial charge on any atom is -0.295 e. The van der Waals surface area contributed by atoms with Crippen LogP contribution in [0.15, 0.2) is 24.3 Å². The maximum atomic E-state index is 13.0. The standard InChI is InChI=1S/C23H33F3N2O3S.ClH/c1-2-17-32(30,31)28-15-13-27(14-16-28)22(10-4-3-5-11-22)12-9-21(29)19-7-6-8-20(18-19)23(24,25)26;/h6-8,18H,2-5,9-17H2,1H3;1H. The van der Waals surface area contributed by atoms with Crippen LogP contribution in [-0.2, 0) is 16.2 Å². The average Bonchev–Trinajstić information content (AvgIpc) is 2.78. The molecular formula is C23H34ClF3N2O3S. The van der Waals surface area contributed by atoms with E-state index >= 15 is 0 Å². The Morgan fingerprint density at radius 1 is 1.06 bits per heavy atom. The molecule has 0 bridgehead atoms. The van der Waals surface area contributed by atoms with Gasteiger partial charge in [0.1, 0.15) is 0 Å². The Hall–Kier alpha value is -1.16. The molecule has 1 aliphatic heterocycles. The van der Waals surface area contributed by atoms with Gasteiger partial charge in [-0.25, -0.2) is 8.42 Å². The summed E-state index contributed by atoms with van der Waals surface area (Å²) in [6.45, 7) is 4.00. The number of ketones is 1. The number of carbonyl (C=O) groups is 1. The Kier molecular flexibility index (Phi) is 9.80. The maximum Gasteiger partial charge on any atom is 0.416 e. The molecule has 2 fully saturated rings. The summed E-state index contributed by atoms with van der Waals surface area (Å²) in [6.07, 6.45) is 1.99. The van der Waals surface area contributed by atoms with E-state index in [2.05, 4.69) is 4.90 Å². The number of hydrogen-bond acceptors (Lipinski definition) is 4. The fourth-order valence-electron chi connectivity index (χ4n) is 5.12. The first-order valence-electron chi connectivity index (χ1n) is 11.5. The number of alkyl halides is 3. The van der Waals surface area contributed by atoms with Crippen molar-refractivity contribution in [2.75, 3.05) is 31.9 Å². The van der Waals surface area contributed by atoms with Crippen molar-refractivity contribution in [3.8, 4) is 0 Å². The third-order valence-corrected chi connectivity index (χ3v) is 8.95. The summed E-state index contributed by atoms with van der Waals surface area (Å²) in [7, 11) is -3.22. The van der Waals surface area contributed by atoms with Gasteiger partial charge in [-0.05, 0) is 37.8 Å². The number of rotatable bonds is 8. The summed E-state index contributed by atoms with van der Waals surface area (Å²) in [4.78, 5) is 15.1. The van der Waals surface area contributed by atoms with Gasteiger partial charge >= 0.3 is 6.18 Å². The number of benzene rings is 1. The van der Waals surface area contributed by atoms with E-state index in [1.165, 1.54) is 12.1 Å². The molecule has 1 saturated heterocycles. The minimum absolute atomic E-state index is 0. The first kappa shape index (κ1) is 28.1. The topological polar surface area (TPSA) is 57.7 Å². The number of sulfonamides is 1. The molecule has 0 N–H and O–H groups in total. The molecule has 1 saturated carbocycles. The number of halogens is 4. The highest BCUT2D eigenvalue weighted by atomic mass is 35.5. The van der Waals surface area contributed by atoms with Crippen LogP contribution in [0.2, 0.25) is 0 Å². The molecule has 10 heteroatoms. The van der Waals surface area contributed by atoms with E-state index in [-0.39, 0.29) is 41.5 Å². The van der Waals surface area contributed by atoms with Crippen molar-refractivity contribution < 1.29 is 26.4 Å². The number of piperazine rings is 1. The monoisotopic (exact) mass is 510 g/mol. The SMILES string of the molecule is CCCS(=O)(=O)N1CCN(C2(CCC(=O)c3cccc(C(F)(F)F)c3)CCCCC2)CC1.Cl. The second-order valence-electron chi connectivity index (χ2n) is 8.99.